The van der Waals surface area contributed by atoms with Gasteiger partial charge in [-0.3, -0.25) is 4.79 Å². The predicted molar refractivity (Wildman–Crippen MR) is 177 cm³/mol. The molecular formula is C35H47BFN3O6. The molecule has 2 saturated heterocycles. The Morgan fingerprint density at radius 1 is 1.13 bits per heavy atom. The number of benzene rings is 2. The number of nitrogens with one attached hydrogen (secondary N) is 1. The Balaban J connectivity index is 1.29. The normalized spacial score (nSPS) is 19.8. The minimum atomic E-state index is -1.17. The van der Waals surface area contributed by atoms with Crippen LogP contribution in [-0.2, 0) is 31.8 Å². The van der Waals surface area contributed by atoms with Gasteiger partial charge in [0, 0.05) is 62.8 Å². The number of carbonyl (C=O) groups excluding carboxylic acids is 1. The Hall–Kier alpha value is -3.41. The number of hydrogen-bond acceptors (Lipinski definition) is 5. The summed E-state index contributed by atoms with van der Waals surface area (Å²) in [4.78, 5) is 27.3. The zero-order valence-electron chi connectivity index (χ0n) is 27.9. The van der Waals surface area contributed by atoms with Crippen molar-refractivity contribution in [3.8, 4) is 0 Å². The van der Waals surface area contributed by atoms with Crippen LogP contribution >= 0.6 is 0 Å². The molecule has 2 aliphatic heterocycles. The number of methoxy groups -OCH3 is 1. The average Bonchev–Trinajstić information content (AvgIpc) is 3.41. The first kappa shape index (κ1) is 33.9. The Morgan fingerprint density at radius 3 is 2.48 bits per heavy atom. The zero-order valence-corrected chi connectivity index (χ0v) is 27.9. The fourth-order valence-corrected chi connectivity index (χ4v) is 6.87. The van der Waals surface area contributed by atoms with Gasteiger partial charge in [-0.15, -0.1) is 0 Å². The number of halogens is 1. The molecule has 2 fully saturated rings. The molecule has 3 heterocycles. The molecule has 2 aromatic carbocycles. The van der Waals surface area contributed by atoms with E-state index in [9.17, 15) is 14.7 Å². The molecule has 2 N–H and O–H groups in total. The lowest BCUT2D eigenvalue weighted by Crippen LogP contribution is -2.44. The number of fused-ring (bicyclic) bond motifs is 1. The van der Waals surface area contributed by atoms with Crippen LogP contribution in [0.4, 0.5) is 9.18 Å². The molecule has 0 bridgehead atoms. The highest BCUT2D eigenvalue weighted by Crippen LogP contribution is 2.38. The van der Waals surface area contributed by atoms with Gasteiger partial charge in [-0.05, 0) is 83.0 Å². The summed E-state index contributed by atoms with van der Waals surface area (Å²) >= 11 is 0. The van der Waals surface area contributed by atoms with Crippen LogP contribution in [0.15, 0.2) is 42.5 Å². The number of rotatable bonds is 11. The van der Waals surface area contributed by atoms with Crippen LogP contribution in [0.1, 0.15) is 76.1 Å². The Kier molecular flexibility index (Phi) is 10.1. The molecule has 1 unspecified atom stereocenters. The summed E-state index contributed by atoms with van der Waals surface area (Å²) < 4.78 is 34.8. The third kappa shape index (κ3) is 7.11. The van der Waals surface area contributed by atoms with Crippen LogP contribution in [0, 0.1) is 12.7 Å². The molecule has 0 aliphatic carbocycles. The van der Waals surface area contributed by atoms with Crippen molar-refractivity contribution in [1.82, 2.24) is 14.8 Å². The third-order valence-electron chi connectivity index (χ3n) is 9.96. The van der Waals surface area contributed by atoms with Crippen LogP contribution in [-0.4, -0.2) is 77.7 Å². The maximum atomic E-state index is 15.1. The third-order valence-corrected chi connectivity index (χ3v) is 9.96. The van der Waals surface area contributed by atoms with Crippen molar-refractivity contribution in [2.45, 2.75) is 96.4 Å². The van der Waals surface area contributed by atoms with Gasteiger partial charge in [-0.1, -0.05) is 36.4 Å². The summed E-state index contributed by atoms with van der Waals surface area (Å²) in [6, 6.07) is 12.3. The molecule has 9 nitrogen and oxygen atoms in total. The van der Waals surface area contributed by atoms with Gasteiger partial charge in [-0.2, -0.15) is 0 Å². The standard InChI is InChI=1S/C35H47BFN3O6/c1-23-28-11-7-12-29(37)32(28)40(18-9-19-44-6)31(23)25-10-8-17-39(22-25)30(41)21-27(38-33(42)43)20-24-13-15-26(16-14-24)36-45-34(2,3)35(4,5)46-36/h7,11-16,25,27,38H,8-10,17-22H2,1-6H3,(H,42,43)/t25?,27-/m1/s1. The lowest BCUT2D eigenvalue weighted by Gasteiger charge is -2.35. The van der Waals surface area contributed by atoms with Crippen LogP contribution in [0.5, 0.6) is 0 Å². The van der Waals surface area contributed by atoms with E-state index in [1.807, 2.05) is 69.9 Å². The molecule has 0 radical (unpaired) electrons. The molecule has 0 saturated carbocycles. The molecule has 46 heavy (non-hydrogen) atoms. The molecule has 2 amide bonds. The monoisotopic (exact) mass is 635 g/mol. The number of ether oxygens (including phenoxy) is 1. The first-order valence-corrected chi connectivity index (χ1v) is 16.3. The Labute approximate surface area is 271 Å². The second-order valence-electron chi connectivity index (χ2n) is 13.7. The van der Waals surface area contributed by atoms with Gasteiger partial charge in [0.15, 0.2) is 0 Å². The Morgan fingerprint density at radius 2 is 1.83 bits per heavy atom. The van der Waals surface area contributed by atoms with E-state index < -0.39 is 30.5 Å². The fourth-order valence-electron chi connectivity index (χ4n) is 6.87. The summed E-state index contributed by atoms with van der Waals surface area (Å²) in [5.74, 6) is -0.303. The zero-order chi connectivity index (χ0) is 33.2. The number of para-hydroxylation sites is 1. The average molecular weight is 636 g/mol. The van der Waals surface area contributed by atoms with Gasteiger partial charge in [0.1, 0.15) is 5.82 Å². The molecule has 2 aliphatic rings. The highest BCUT2D eigenvalue weighted by atomic mass is 19.1. The number of aromatic nitrogens is 1. The van der Waals surface area contributed by atoms with E-state index >= 15 is 4.39 Å². The van der Waals surface area contributed by atoms with Crippen molar-refractivity contribution in [2.75, 3.05) is 26.8 Å². The number of carbonyl (C=O) groups is 2. The second kappa shape index (κ2) is 13.8. The molecule has 0 spiro atoms. The van der Waals surface area contributed by atoms with Crippen LogP contribution < -0.4 is 10.8 Å². The highest BCUT2D eigenvalue weighted by Gasteiger charge is 2.51. The van der Waals surface area contributed by atoms with Gasteiger partial charge in [0.2, 0.25) is 5.91 Å². The van der Waals surface area contributed by atoms with Crippen molar-refractivity contribution >= 4 is 35.5 Å². The summed E-state index contributed by atoms with van der Waals surface area (Å²) in [6.45, 7) is 12.4. The number of carboxylic acid groups (broad SMARTS) is 1. The van der Waals surface area contributed by atoms with E-state index in [0.29, 0.717) is 38.2 Å². The van der Waals surface area contributed by atoms with Crippen molar-refractivity contribution in [3.63, 3.8) is 0 Å². The molecule has 11 heteroatoms. The van der Waals surface area contributed by atoms with Crippen molar-refractivity contribution < 1.29 is 33.1 Å². The lowest BCUT2D eigenvalue weighted by molar-refractivity contribution is -0.132. The molecule has 5 rings (SSSR count). The van der Waals surface area contributed by atoms with Gasteiger partial charge >= 0.3 is 13.2 Å². The topological polar surface area (TPSA) is 102 Å². The lowest BCUT2D eigenvalue weighted by atomic mass is 9.78. The van der Waals surface area contributed by atoms with Crippen LogP contribution in [0.25, 0.3) is 10.9 Å². The first-order valence-electron chi connectivity index (χ1n) is 16.3. The van der Waals surface area contributed by atoms with E-state index in [1.54, 1.807) is 13.2 Å². The van der Waals surface area contributed by atoms with Gasteiger partial charge in [0.25, 0.3) is 0 Å². The largest absolute Gasteiger partial charge is 0.494 e. The minimum Gasteiger partial charge on any atom is -0.465 e. The van der Waals surface area contributed by atoms with Gasteiger partial charge in [0.05, 0.1) is 16.7 Å². The summed E-state index contributed by atoms with van der Waals surface area (Å²) in [5, 5.41) is 13.1. The quantitative estimate of drug-likeness (QED) is 0.216. The summed E-state index contributed by atoms with van der Waals surface area (Å²) in [5.41, 5.74) is 3.60. The maximum absolute atomic E-state index is 15.1. The number of likely N-dealkylation sites (tertiary alicyclic amines) is 1. The van der Waals surface area contributed by atoms with Crippen molar-refractivity contribution in [3.05, 3.63) is 65.1 Å². The van der Waals surface area contributed by atoms with Crippen molar-refractivity contribution in [1.29, 1.82) is 0 Å². The van der Waals surface area contributed by atoms with Crippen molar-refractivity contribution in [2.24, 2.45) is 0 Å². The van der Waals surface area contributed by atoms with E-state index in [-0.39, 0.29) is 24.1 Å². The minimum absolute atomic E-state index is 0.0421. The number of piperidine rings is 1. The fraction of sp³-hybridized carbons (Fsp3) is 0.543. The van der Waals surface area contributed by atoms with Gasteiger partial charge < -0.3 is 33.9 Å². The smallest absolute Gasteiger partial charge is 0.465 e. The second-order valence-corrected chi connectivity index (χ2v) is 13.7. The van der Waals surface area contributed by atoms with Crippen LogP contribution in [0.2, 0.25) is 0 Å². The number of hydrogen-bond donors (Lipinski definition) is 2. The maximum Gasteiger partial charge on any atom is 0.494 e. The number of amides is 2. The van der Waals surface area contributed by atoms with E-state index in [4.69, 9.17) is 14.0 Å². The Bertz CT molecular complexity index is 1540. The van der Waals surface area contributed by atoms with Gasteiger partial charge in [-0.25, -0.2) is 9.18 Å². The van der Waals surface area contributed by atoms with E-state index in [0.717, 1.165) is 46.9 Å². The molecule has 248 valence electrons. The first-order chi connectivity index (χ1) is 21.8. The predicted octanol–water partition coefficient (Wildman–Crippen LogP) is 5.40. The molecular weight excluding hydrogens is 588 g/mol. The number of aryl methyl sites for hydroxylation is 2. The summed E-state index contributed by atoms with van der Waals surface area (Å²) in [7, 11) is 1.17. The SMILES string of the molecule is COCCCn1c(C2CCCN(C(=O)C[C@@H](Cc3ccc(B4OC(C)(C)C(C)(C)O4)cc3)NC(=O)O)C2)c(C)c2cccc(F)c21. The van der Waals surface area contributed by atoms with E-state index in [2.05, 4.69) is 9.88 Å². The highest BCUT2D eigenvalue weighted by molar-refractivity contribution is 6.62. The molecule has 3 aromatic rings. The molecule has 1 aromatic heterocycles. The van der Waals surface area contributed by atoms with Crippen LogP contribution in [0.3, 0.4) is 0 Å². The summed E-state index contributed by atoms with van der Waals surface area (Å²) in [6.07, 6.45) is 1.69. The van der Waals surface area contributed by atoms with E-state index in [1.165, 1.54) is 6.07 Å². The number of nitrogens with zero attached hydrogens (tertiary/aromatic N) is 2. The molecule has 2 atom stereocenters.